The summed E-state index contributed by atoms with van der Waals surface area (Å²) in [6.45, 7) is 3.97. The maximum atomic E-state index is 12.4. The average molecular weight is 358 g/mol. The quantitative estimate of drug-likeness (QED) is 0.814. The van der Waals surface area contributed by atoms with Crippen molar-refractivity contribution in [2.75, 3.05) is 13.7 Å². The molecule has 0 saturated carbocycles. The summed E-state index contributed by atoms with van der Waals surface area (Å²) in [6, 6.07) is 5.40. The van der Waals surface area contributed by atoms with Gasteiger partial charge in [-0.25, -0.2) is 0 Å². The van der Waals surface area contributed by atoms with Crippen molar-refractivity contribution in [3.05, 3.63) is 28.2 Å². The molecule has 1 aromatic carbocycles. The molecule has 5 nitrogen and oxygen atoms in total. The van der Waals surface area contributed by atoms with E-state index < -0.39 is 5.97 Å². The van der Waals surface area contributed by atoms with Gasteiger partial charge in [0.2, 0.25) is 5.91 Å². The molecule has 0 saturated heterocycles. The highest BCUT2D eigenvalue weighted by molar-refractivity contribution is 9.10. The number of carbonyl (C=O) groups is 2. The van der Waals surface area contributed by atoms with Crippen molar-refractivity contribution in [1.29, 1.82) is 0 Å². The first-order chi connectivity index (χ1) is 9.85. The molecule has 0 bridgehead atoms. The molecule has 1 amide bonds. The van der Waals surface area contributed by atoms with E-state index in [1.165, 1.54) is 0 Å². The van der Waals surface area contributed by atoms with Crippen LogP contribution >= 0.6 is 15.9 Å². The van der Waals surface area contributed by atoms with E-state index in [4.69, 9.17) is 9.84 Å². The Morgan fingerprint density at radius 3 is 2.57 bits per heavy atom. The normalized spacial score (nSPS) is 10.5. The van der Waals surface area contributed by atoms with E-state index in [0.717, 1.165) is 10.0 Å². The van der Waals surface area contributed by atoms with Crippen LogP contribution in [0.25, 0.3) is 0 Å². The highest BCUT2D eigenvalue weighted by atomic mass is 79.9. The van der Waals surface area contributed by atoms with E-state index in [0.29, 0.717) is 5.75 Å². The van der Waals surface area contributed by atoms with Gasteiger partial charge in [-0.1, -0.05) is 15.9 Å². The number of benzene rings is 1. The standard InChI is InChI=1S/C15H20BrNO4/c1-10(2)17(7-6-15(19)20)14(18)9-11-8-12(21-3)4-5-13(11)16/h4-5,8,10H,6-7,9H2,1-3H3,(H,19,20). The fourth-order valence-corrected chi connectivity index (χ4v) is 2.35. The van der Waals surface area contributed by atoms with Crippen molar-refractivity contribution in [2.45, 2.75) is 32.7 Å². The molecule has 0 aliphatic rings. The molecule has 0 fully saturated rings. The number of carboxylic acid groups (broad SMARTS) is 1. The van der Waals surface area contributed by atoms with Crippen molar-refractivity contribution >= 4 is 27.8 Å². The SMILES string of the molecule is COc1ccc(Br)c(CC(=O)N(CCC(=O)O)C(C)C)c1. The summed E-state index contributed by atoms with van der Waals surface area (Å²) in [5, 5.41) is 8.77. The summed E-state index contributed by atoms with van der Waals surface area (Å²) in [7, 11) is 1.57. The Hall–Kier alpha value is -1.56. The maximum absolute atomic E-state index is 12.4. The van der Waals surface area contributed by atoms with Gasteiger partial charge >= 0.3 is 5.97 Å². The third-order valence-corrected chi connectivity index (χ3v) is 3.88. The van der Waals surface area contributed by atoms with E-state index in [-0.39, 0.29) is 31.3 Å². The van der Waals surface area contributed by atoms with Crippen molar-refractivity contribution in [3.63, 3.8) is 0 Å². The fourth-order valence-electron chi connectivity index (χ4n) is 1.96. The lowest BCUT2D eigenvalue weighted by Crippen LogP contribution is -2.39. The number of carbonyl (C=O) groups excluding carboxylic acids is 1. The van der Waals surface area contributed by atoms with Crippen LogP contribution in [-0.4, -0.2) is 41.6 Å². The zero-order valence-corrected chi connectivity index (χ0v) is 14.0. The molecule has 0 atom stereocenters. The van der Waals surface area contributed by atoms with Crippen molar-refractivity contribution < 1.29 is 19.4 Å². The number of hydrogen-bond donors (Lipinski definition) is 1. The van der Waals surface area contributed by atoms with E-state index >= 15 is 0 Å². The molecular weight excluding hydrogens is 338 g/mol. The monoisotopic (exact) mass is 357 g/mol. The molecule has 1 rings (SSSR count). The lowest BCUT2D eigenvalue weighted by atomic mass is 10.1. The smallest absolute Gasteiger partial charge is 0.305 e. The third kappa shape index (κ3) is 5.38. The van der Waals surface area contributed by atoms with Gasteiger partial charge in [0, 0.05) is 17.1 Å². The molecule has 0 heterocycles. The lowest BCUT2D eigenvalue weighted by Gasteiger charge is -2.26. The van der Waals surface area contributed by atoms with E-state index in [1.54, 1.807) is 18.1 Å². The number of ether oxygens (including phenoxy) is 1. The largest absolute Gasteiger partial charge is 0.497 e. The molecule has 21 heavy (non-hydrogen) atoms. The average Bonchev–Trinajstić information content (AvgIpc) is 2.40. The van der Waals surface area contributed by atoms with Crippen molar-refractivity contribution in [3.8, 4) is 5.75 Å². The summed E-state index contributed by atoms with van der Waals surface area (Å²) in [6.07, 6.45) is 0.152. The Kier molecular flexibility index (Phi) is 6.68. The summed E-state index contributed by atoms with van der Waals surface area (Å²) < 4.78 is 5.99. The maximum Gasteiger partial charge on any atom is 0.305 e. The Morgan fingerprint density at radius 2 is 2.05 bits per heavy atom. The minimum absolute atomic E-state index is 0.0405. The highest BCUT2D eigenvalue weighted by Crippen LogP contribution is 2.23. The van der Waals surface area contributed by atoms with Gasteiger partial charge in [0.05, 0.1) is 20.0 Å². The molecule has 0 aromatic heterocycles. The van der Waals surface area contributed by atoms with E-state index in [9.17, 15) is 9.59 Å². The minimum Gasteiger partial charge on any atom is -0.497 e. The molecule has 0 unspecified atom stereocenters. The topological polar surface area (TPSA) is 66.8 Å². The van der Waals surface area contributed by atoms with Gasteiger partial charge in [-0.15, -0.1) is 0 Å². The minimum atomic E-state index is -0.906. The molecule has 1 N–H and O–H groups in total. The highest BCUT2D eigenvalue weighted by Gasteiger charge is 2.19. The second-order valence-corrected chi connectivity index (χ2v) is 5.81. The number of aliphatic carboxylic acids is 1. The Balaban J connectivity index is 2.83. The summed E-state index contributed by atoms with van der Waals surface area (Å²) in [5.41, 5.74) is 0.820. The first kappa shape index (κ1) is 17.5. The molecule has 6 heteroatoms. The number of rotatable bonds is 7. The van der Waals surface area contributed by atoms with Crippen molar-refractivity contribution in [1.82, 2.24) is 4.90 Å². The number of amides is 1. The van der Waals surface area contributed by atoms with Crippen LogP contribution in [0.4, 0.5) is 0 Å². The molecule has 116 valence electrons. The van der Waals surface area contributed by atoms with Gasteiger partial charge in [-0.2, -0.15) is 0 Å². The Bertz CT molecular complexity index is 516. The molecule has 0 radical (unpaired) electrons. The van der Waals surface area contributed by atoms with Gasteiger partial charge in [-0.05, 0) is 37.6 Å². The summed E-state index contributed by atoms with van der Waals surface area (Å²) >= 11 is 3.42. The molecule has 0 spiro atoms. The zero-order chi connectivity index (χ0) is 16.0. The number of halogens is 1. The molecule has 0 aliphatic carbocycles. The van der Waals surface area contributed by atoms with Crippen LogP contribution in [0.2, 0.25) is 0 Å². The van der Waals surface area contributed by atoms with E-state index in [2.05, 4.69) is 15.9 Å². The van der Waals surface area contributed by atoms with Gasteiger partial charge in [-0.3, -0.25) is 9.59 Å². The number of hydrogen-bond acceptors (Lipinski definition) is 3. The summed E-state index contributed by atoms with van der Waals surface area (Å²) in [5.74, 6) is -0.321. The van der Waals surface area contributed by atoms with Crippen LogP contribution in [-0.2, 0) is 16.0 Å². The third-order valence-electron chi connectivity index (χ3n) is 3.10. The zero-order valence-electron chi connectivity index (χ0n) is 12.4. The molecular formula is C15H20BrNO4. The van der Waals surface area contributed by atoms with Crippen molar-refractivity contribution in [2.24, 2.45) is 0 Å². The Morgan fingerprint density at radius 1 is 1.38 bits per heavy atom. The van der Waals surface area contributed by atoms with Crippen LogP contribution < -0.4 is 4.74 Å². The number of methoxy groups -OCH3 is 1. The van der Waals surface area contributed by atoms with E-state index in [1.807, 2.05) is 26.0 Å². The second-order valence-electron chi connectivity index (χ2n) is 4.96. The van der Waals surface area contributed by atoms with Crippen LogP contribution in [0.5, 0.6) is 5.75 Å². The van der Waals surface area contributed by atoms with Crippen LogP contribution in [0.15, 0.2) is 22.7 Å². The van der Waals surface area contributed by atoms with Gasteiger partial charge in [0.15, 0.2) is 0 Å². The summed E-state index contributed by atoms with van der Waals surface area (Å²) in [4.78, 5) is 24.7. The number of carboxylic acids is 1. The van der Waals surface area contributed by atoms with Crippen LogP contribution in [0, 0.1) is 0 Å². The predicted octanol–water partition coefficient (Wildman–Crippen LogP) is 2.71. The molecule has 0 aliphatic heterocycles. The molecule has 1 aromatic rings. The first-order valence-corrected chi connectivity index (χ1v) is 7.48. The predicted molar refractivity (Wildman–Crippen MR) is 83.5 cm³/mol. The first-order valence-electron chi connectivity index (χ1n) is 6.68. The second kappa shape index (κ2) is 8.02. The Labute approximate surface area is 133 Å². The van der Waals surface area contributed by atoms with Crippen LogP contribution in [0.3, 0.4) is 0 Å². The fraction of sp³-hybridized carbons (Fsp3) is 0.467. The van der Waals surface area contributed by atoms with Crippen LogP contribution in [0.1, 0.15) is 25.8 Å². The number of nitrogens with zero attached hydrogens (tertiary/aromatic N) is 1. The lowest BCUT2D eigenvalue weighted by molar-refractivity contribution is -0.139. The van der Waals surface area contributed by atoms with Gasteiger partial charge in [0.25, 0.3) is 0 Å². The van der Waals surface area contributed by atoms with Gasteiger partial charge in [0.1, 0.15) is 5.75 Å². The van der Waals surface area contributed by atoms with Gasteiger partial charge < -0.3 is 14.7 Å².